The summed E-state index contributed by atoms with van der Waals surface area (Å²) in [6.45, 7) is 5.63. The van der Waals surface area contributed by atoms with Gasteiger partial charge in [0.1, 0.15) is 0 Å². The molecule has 0 fully saturated rings. The molecule has 0 saturated heterocycles. The summed E-state index contributed by atoms with van der Waals surface area (Å²) in [6, 6.07) is 19.8. The summed E-state index contributed by atoms with van der Waals surface area (Å²) >= 11 is 0. The van der Waals surface area contributed by atoms with Gasteiger partial charge in [-0.2, -0.15) is 0 Å². The number of carbonyl (C=O) groups is 1. The molecule has 1 aliphatic heterocycles. The Morgan fingerprint density at radius 1 is 0.963 bits per heavy atom. The van der Waals surface area contributed by atoms with Crippen LogP contribution in [0.5, 0.6) is 0 Å². The van der Waals surface area contributed by atoms with Crippen molar-refractivity contribution in [3.05, 3.63) is 96.6 Å². The number of hydrogen-bond acceptors (Lipinski definition) is 3. The molecule has 0 bridgehead atoms. The molecule has 0 aliphatic carbocycles. The second-order valence-electron chi connectivity index (χ2n) is 6.47. The lowest BCUT2D eigenvalue weighted by Crippen LogP contribution is -2.52. The lowest BCUT2D eigenvalue weighted by atomic mass is 10.0. The van der Waals surface area contributed by atoms with Crippen molar-refractivity contribution >= 4 is 5.91 Å². The monoisotopic (exact) mass is 363 g/mol. The molecule has 0 N–H and O–H groups in total. The highest BCUT2D eigenvalue weighted by Crippen LogP contribution is 2.19. The molecule has 1 amide bonds. The fourth-order valence-electron chi connectivity index (χ4n) is 3.10. The van der Waals surface area contributed by atoms with Crippen LogP contribution >= 0.6 is 0 Å². The molecule has 0 aromatic heterocycles. The summed E-state index contributed by atoms with van der Waals surface area (Å²) in [4.78, 5) is 14.1. The van der Waals surface area contributed by atoms with Gasteiger partial charge in [0.15, 0.2) is 0 Å². The van der Waals surface area contributed by atoms with Gasteiger partial charge in [0.05, 0.1) is 32.0 Å². The first-order valence-corrected chi connectivity index (χ1v) is 9.15. The molecule has 4 nitrogen and oxygen atoms in total. The molecule has 3 rings (SSSR count). The maximum Gasteiger partial charge on any atom is 0.247 e. The average molecular weight is 363 g/mol. The van der Waals surface area contributed by atoms with E-state index in [1.807, 2.05) is 66.7 Å². The minimum atomic E-state index is -0.223. The van der Waals surface area contributed by atoms with Gasteiger partial charge in [0.2, 0.25) is 5.91 Å². The van der Waals surface area contributed by atoms with Crippen LogP contribution in [0.15, 0.2) is 85.5 Å². The highest BCUT2D eigenvalue weighted by Gasteiger charge is 2.32. The fraction of sp³-hybridized carbons (Fsp3) is 0.261. The van der Waals surface area contributed by atoms with Crippen molar-refractivity contribution in [2.24, 2.45) is 0 Å². The topological polar surface area (TPSA) is 38.8 Å². The van der Waals surface area contributed by atoms with Gasteiger partial charge in [-0.15, -0.1) is 6.58 Å². The number of amides is 1. The van der Waals surface area contributed by atoms with Crippen LogP contribution in [-0.4, -0.2) is 36.1 Å². The summed E-state index contributed by atoms with van der Waals surface area (Å²) in [5.41, 5.74) is 2.20. The quantitative estimate of drug-likeness (QED) is 0.637. The number of hydrogen-bond donors (Lipinski definition) is 0. The molecule has 2 aromatic carbocycles. The van der Waals surface area contributed by atoms with Crippen molar-refractivity contribution in [2.45, 2.75) is 25.4 Å². The van der Waals surface area contributed by atoms with Crippen LogP contribution < -0.4 is 0 Å². The van der Waals surface area contributed by atoms with Crippen molar-refractivity contribution in [1.29, 1.82) is 0 Å². The van der Waals surface area contributed by atoms with Crippen LogP contribution in [0.4, 0.5) is 0 Å². The standard InChI is InChI=1S/C23H25NO3/c1-2-15-24-21(18-26-16-19-9-5-3-6-10-19)22(13-14-23(24)25)27-17-20-11-7-4-8-12-20/h2-14,21-22H,1,15-18H2/t21-,22+/m1/s1. The SMILES string of the molecule is C=CCN1C(=O)C=C[C@H](OCc2ccccc2)[C@H]1COCc1ccccc1. The molecule has 0 unspecified atom stereocenters. The molecule has 2 aromatic rings. The summed E-state index contributed by atoms with van der Waals surface area (Å²) in [5, 5.41) is 0. The van der Waals surface area contributed by atoms with E-state index >= 15 is 0 Å². The zero-order valence-corrected chi connectivity index (χ0v) is 15.4. The third kappa shape index (κ3) is 5.39. The van der Waals surface area contributed by atoms with Crippen molar-refractivity contribution in [3.63, 3.8) is 0 Å². The van der Waals surface area contributed by atoms with Gasteiger partial charge >= 0.3 is 0 Å². The summed E-state index contributed by atoms with van der Waals surface area (Å²) in [5.74, 6) is -0.0391. The molecule has 0 saturated carbocycles. The van der Waals surface area contributed by atoms with Gasteiger partial charge in [0.25, 0.3) is 0 Å². The van der Waals surface area contributed by atoms with Crippen LogP contribution in [0.25, 0.3) is 0 Å². The summed E-state index contributed by atoms with van der Waals surface area (Å²) in [6.07, 6.45) is 4.92. The Hall–Kier alpha value is -2.69. The molecular weight excluding hydrogens is 338 g/mol. The Bertz CT molecular complexity index is 758. The smallest absolute Gasteiger partial charge is 0.247 e. The molecule has 0 radical (unpaired) electrons. The van der Waals surface area contributed by atoms with Crippen LogP contribution in [0.2, 0.25) is 0 Å². The molecule has 27 heavy (non-hydrogen) atoms. The molecule has 4 heteroatoms. The Labute approximate surface area is 160 Å². The average Bonchev–Trinajstić information content (AvgIpc) is 2.71. The lowest BCUT2D eigenvalue weighted by molar-refractivity contribution is -0.135. The maximum atomic E-state index is 12.3. The zero-order chi connectivity index (χ0) is 18.9. The van der Waals surface area contributed by atoms with Crippen molar-refractivity contribution in [3.8, 4) is 0 Å². The van der Waals surface area contributed by atoms with Crippen molar-refractivity contribution < 1.29 is 14.3 Å². The molecule has 2 atom stereocenters. The third-order valence-corrected chi connectivity index (χ3v) is 4.50. The summed E-state index contributed by atoms with van der Waals surface area (Å²) in [7, 11) is 0. The largest absolute Gasteiger partial charge is 0.375 e. The van der Waals surface area contributed by atoms with Crippen LogP contribution in [-0.2, 0) is 27.5 Å². The van der Waals surface area contributed by atoms with E-state index in [1.54, 1.807) is 17.1 Å². The van der Waals surface area contributed by atoms with E-state index in [0.29, 0.717) is 26.4 Å². The molecule has 1 heterocycles. The van der Waals surface area contributed by atoms with E-state index in [4.69, 9.17) is 9.47 Å². The molecular formula is C23H25NO3. The minimum absolute atomic E-state index is 0.0391. The van der Waals surface area contributed by atoms with Gasteiger partial charge < -0.3 is 14.4 Å². The number of benzene rings is 2. The summed E-state index contributed by atoms with van der Waals surface area (Å²) < 4.78 is 12.0. The van der Waals surface area contributed by atoms with Gasteiger partial charge in [-0.1, -0.05) is 66.7 Å². The first-order chi connectivity index (χ1) is 13.3. The normalized spacial score (nSPS) is 19.3. The van der Waals surface area contributed by atoms with Gasteiger partial charge in [-0.05, 0) is 17.2 Å². The van der Waals surface area contributed by atoms with E-state index in [-0.39, 0.29) is 18.1 Å². The van der Waals surface area contributed by atoms with Crippen LogP contribution in [0.1, 0.15) is 11.1 Å². The minimum Gasteiger partial charge on any atom is -0.375 e. The highest BCUT2D eigenvalue weighted by molar-refractivity contribution is 5.89. The number of ether oxygens (including phenoxy) is 2. The van der Waals surface area contributed by atoms with E-state index in [0.717, 1.165) is 11.1 Å². The Morgan fingerprint density at radius 3 is 2.22 bits per heavy atom. The maximum absolute atomic E-state index is 12.3. The first kappa shape index (κ1) is 19.1. The second-order valence-corrected chi connectivity index (χ2v) is 6.47. The van der Waals surface area contributed by atoms with E-state index in [2.05, 4.69) is 6.58 Å². The number of carbonyl (C=O) groups excluding carboxylic acids is 1. The van der Waals surface area contributed by atoms with Crippen LogP contribution in [0, 0.1) is 0 Å². The first-order valence-electron chi connectivity index (χ1n) is 9.15. The second kappa shape index (κ2) is 9.86. The van der Waals surface area contributed by atoms with E-state index in [9.17, 15) is 4.79 Å². The lowest BCUT2D eigenvalue weighted by Gasteiger charge is -2.37. The number of nitrogens with zero attached hydrogens (tertiary/aromatic N) is 1. The molecule has 140 valence electrons. The molecule has 1 aliphatic rings. The van der Waals surface area contributed by atoms with Gasteiger partial charge in [-0.25, -0.2) is 0 Å². The predicted octanol–water partition coefficient (Wildman–Crippen LogP) is 3.74. The predicted molar refractivity (Wildman–Crippen MR) is 106 cm³/mol. The zero-order valence-electron chi connectivity index (χ0n) is 15.4. The highest BCUT2D eigenvalue weighted by atomic mass is 16.5. The van der Waals surface area contributed by atoms with Crippen molar-refractivity contribution in [1.82, 2.24) is 4.90 Å². The fourth-order valence-corrected chi connectivity index (χ4v) is 3.10. The van der Waals surface area contributed by atoms with Gasteiger partial charge in [0, 0.05) is 12.6 Å². The number of rotatable bonds is 9. The Morgan fingerprint density at radius 2 is 1.59 bits per heavy atom. The van der Waals surface area contributed by atoms with Gasteiger partial charge in [-0.3, -0.25) is 4.79 Å². The Kier molecular flexibility index (Phi) is 6.97. The van der Waals surface area contributed by atoms with Crippen molar-refractivity contribution in [2.75, 3.05) is 13.2 Å². The Balaban J connectivity index is 1.65. The van der Waals surface area contributed by atoms with Crippen LogP contribution in [0.3, 0.4) is 0 Å². The third-order valence-electron chi connectivity index (χ3n) is 4.50. The van der Waals surface area contributed by atoms with E-state index in [1.165, 1.54) is 0 Å². The molecule has 0 spiro atoms. The van der Waals surface area contributed by atoms with E-state index < -0.39 is 0 Å².